The number of para-hydroxylation sites is 1. The fourth-order valence-electron chi connectivity index (χ4n) is 2.39. The molecule has 3 rings (SSSR count). The molecule has 0 aliphatic carbocycles. The van der Waals surface area contributed by atoms with E-state index >= 15 is 0 Å². The molecule has 2 aromatic rings. The highest BCUT2D eigenvalue weighted by Gasteiger charge is 2.26. The fraction of sp³-hybridized carbons (Fsp3) is 0.214. The maximum Gasteiger partial charge on any atom is 0.280 e. The molecule has 1 amide bonds. The van der Waals surface area contributed by atoms with Gasteiger partial charge in [0.05, 0.1) is 11.4 Å². The Balaban J connectivity index is 2.06. The third-order valence-electron chi connectivity index (χ3n) is 3.32. The van der Waals surface area contributed by atoms with Gasteiger partial charge in [-0.05, 0) is 18.9 Å². The van der Waals surface area contributed by atoms with Crippen molar-refractivity contribution in [2.45, 2.75) is 12.8 Å². The molecular weight excluding hydrogens is 258 g/mol. The predicted octanol–water partition coefficient (Wildman–Crippen LogP) is 2.29. The summed E-state index contributed by atoms with van der Waals surface area (Å²) < 4.78 is 4.73. The molecule has 0 unspecified atom stereocenters. The van der Waals surface area contributed by atoms with E-state index in [2.05, 4.69) is 10.3 Å². The molecule has 6 heteroatoms. The van der Waals surface area contributed by atoms with Gasteiger partial charge in [-0.1, -0.05) is 28.5 Å². The van der Waals surface area contributed by atoms with E-state index < -0.39 is 0 Å². The number of aromatic nitrogens is 1. The number of hydrogen-bond donors (Lipinski definition) is 1. The molecule has 0 spiro atoms. The van der Waals surface area contributed by atoms with Gasteiger partial charge in [-0.3, -0.25) is 4.79 Å². The van der Waals surface area contributed by atoms with Gasteiger partial charge in [0, 0.05) is 18.2 Å². The zero-order valence-corrected chi connectivity index (χ0v) is 10.7. The lowest BCUT2D eigenvalue weighted by molar-refractivity contribution is 0.0978. The van der Waals surface area contributed by atoms with Gasteiger partial charge < -0.3 is 14.6 Å². The van der Waals surface area contributed by atoms with Gasteiger partial charge >= 0.3 is 0 Å². The second-order valence-corrected chi connectivity index (χ2v) is 4.51. The zero-order valence-electron chi connectivity index (χ0n) is 10.7. The number of rotatable bonds is 1. The molecule has 1 N–H and O–H groups in total. The van der Waals surface area contributed by atoms with Crippen LogP contribution in [0.15, 0.2) is 46.3 Å². The first-order valence-electron chi connectivity index (χ1n) is 6.34. The molecule has 0 atom stereocenters. The van der Waals surface area contributed by atoms with Crippen LogP contribution in [0.2, 0.25) is 0 Å². The molecule has 20 heavy (non-hydrogen) atoms. The Bertz CT molecular complexity index is 649. The Morgan fingerprint density at radius 1 is 1.35 bits per heavy atom. The van der Waals surface area contributed by atoms with E-state index in [9.17, 15) is 4.79 Å². The summed E-state index contributed by atoms with van der Waals surface area (Å²) >= 11 is 0. The first-order chi connectivity index (χ1) is 9.81. The number of anilines is 1. The number of hydrogen-bond acceptors (Lipinski definition) is 5. The number of benzene rings is 1. The lowest BCUT2D eigenvalue weighted by atomic mass is 10.1. The van der Waals surface area contributed by atoms with Crippen molar-refractivity contribution in [1.82, 2.24) is 5.16 Å². The monoisotopic (exact) mass is 271 g/mol. The van der Waals surface area contributed by atoms with E-state index in [0.717, 1.165) is 17.7 Å². The van der Waals surface area contributed by atoms with Crippen LogP contribution >= 0.6 is 0 Å². The van der Waals surface area contributed by atoms with E-state index in [0.29, 0.717) is 18.7 Å². The van der Waals surface area contributed by atoms with Crippen LogP contribution in [0.1, 0.15) is 28.9 Å². The molecule has 6 nitrogen and oxygen atoms in total. The number of amides is 1. The number of fused-ring (bicyclic) bond motifs is 1. The van der Waals surface area contributed by atoms with Crippen molar-refractivity contribution in [1.29, 1.82) is 0 Å². The molecule has 0 saturated carbocycles. The highest BCUT2D eigenvalue weighted by Crippen LogP contribution is 2.27. The molecule has 1 aromatic heterocycles. The Kier molecular flexibility index (Phi) is 3.20. The summed E-state index contributed by atoms with van der Waals surface area (Å²) in [4.78, 5) is 14.1. The summed E-state index contributed by atoms with van der Waals surface area (Å²) in [6.45, 7) is 0.543. The molecule has 1 aromatic carbocycles. The van der Waals surface area contributed by atoms with Crippen molar-refractivity contribution in [3.8, 4) is 0 Å². The van der Waals surface area contributed by atoms with Crippen LogP contribution in [0.5, 0.6) is 0 Å². The lowest BCUT2D eigenvalue weighted by Gasteiger charge is -2.21. The minimum absolute atomic E-state index is 0.217. The molecule has 0 fully saturated rings. The van der Waals surface area contributed by atoms with Crippen molar-refractivity contribution < 1.29 is 14.5 Å². The molecule has 0 bridgehead atoms. The fourth-order valence-corrected chi connectivity index (χ4v) is 2.39. The van der Waals surface area contributed by atoms with E-state index in [4.69, 9.17) is 9.73 Å². The van der Waals surface area contributed by atoms with Crippen LogP contribution < -0.4 is 4.90 Å². The van der Waals surface area contributed by atoms with E-state index in [1.54, 1.807) is 4.90 Å². The van der Waals surface area contributed by atoms with Gasteiger partial charge in [0.25, 0.3) is 5.91 Å². The maximum atomic E-state index is 12.5. The summed E-state index contributed by atoms with van der Waals surface area (Å²) in [5.74, 6) is -0.217. The summed E-state index contributed by atoms with van der Waals surface area (Å²) in [5, 5.41) is 16.2. The Morgan fingerprint density at radius 2 is 2.20 bits per heavy atom. The molecule has 1 aliphatic rings. The SMILES string of the molecule is O=C(c1ccon1)N1CCC/C(=N/O)c2ccccc21. The third-order valence-corrected chi connectivity index (χ3v) is 3.32. The van der Waals surface area contributed by atoms with E-state index in [-0.39, 0.29) is 11.6 Å². The van der Waals surface area contributed by atoms with Crippen LogP contribution in [-0.2, 0) is 0 Å². The molecule has 0 saturated heterocycles. The molecular formula is C14H13N3O3. The number of carbonyl (C=O) groups excluding carboxylic acids is 1. The second-order valence-electron chi connectivity index (χ2n) is 4.51. The van der Waals surface area contributed by atoms with Gasteiger partial charge in [0.1, 0.15) is 6.26 Å². The third kappa shape index (κ3) is 2.05. The highest BCUT2D eigenvalue weighted by molar-refractivity contribution is 6.12. The highest BCUT2D eigenvalue weighted by atomic mass is 16.5. The van der Waals surface area contributed by atoms with Gasteiger partial charge in [-0.2, -0.15) is 0 Å². The van der Waals surface area contributed by atoms with Crippen LogP contribution in [0.4, 0.5) is 5.69 Å². The second kappa shape index (κ2) is 5.16. The number of nitrogens with zero attached hydrogens (tertiary/aromatic N) is 3. The zero-order chi connectivity index (χ0) is 13.9. The van der Waals surface area contributed by atoms with Crippen LogP contribution in [0.3, 0.4) is 0 Å². The van der Waals surface area contributed by atoms with Gasteiger partial charge in [-0.15, -0.1) is 0 Å². The minimum atomic E-state index is -0.217. The normalized spacial score (nSPS) is 16.8. The van der Waals surface area contributed by atoms with Crippen LogP contribution in [-0.4, -0.2) is 28.5 Å². The summed E-state index contributed by atoms with van der Waals surface area (Å²) in [6.07, 6.45) is 2.71. The smallest absolute Gasteiger partial charge is 0.280 e. The van der Waals surface area contributed by atoms with Crippen LogP contribution in [0.25, 0.3) is 0 Å². The topological polar surface area (TPSA) is 78.9 Å². The van der Waals surface area contributed by atoms with E-state index in [1.165, 1.54) is 12.3 Å². The average Bonchev–Trinajstić information content (AvgIpc) is 2.95. The van der Waals surface area contributed by atoms with Crippen molar-refractivity contribution in [2.24, 2.45) is 5.16 Å². The largest absolute Gasteiger partial charge is 0.411 e. The first-order valence-corrected chi connectivity index (χ1v) is 6.34. The van der Waals surface area contributed by atoms with Gasteiger partial charge in [0.15, 0.2) is 5.69 Å². The van der Waals surface area contributed by atoms with Crippen molar-refractivity contribution in [3.05, 3.63) is 47.9 Å². The number of carbonyl (C=O) groups is 1. The number of oxime groups is 1. The molecule has 102 valence electrons. The Morgan fingerprint density at radius 3 is 2.95 bits per heavy atom. The quantitative estimate of drug-likeness (QED) is 0.637. The summed E-state index contributed by atoms with van der Waals surface area (Å²) in [7, 11) is 0. The molecule has 1 aliphatic heterocycles. The minimum Gasteiger partial charge on any atom is -0.411 e. The van der Waals surface area contributed by atoms with Crippen LogP contribution in [0, 0.1) is 0 Å². The van der Waals surface area contributed by atoms with E-state index in [1.807, 2.05) is 24.3 Å². The Labute approximate surface area is 115 Å². The van der Waals surface area contributed by atoms with Crippen molar-refractivity contribution >= 4 is 17.3 Å². The average molecular weight is 271 g/mol. The first kappa shape index (κ1) is 12.4. The summed E-state index contributed by atoms with van der Waals surface area (Å²) in [6, 6.07) is 8.93. The molecule has 2 heterocycles. The van der Waals surface area contributed by atoms with Gasteiger partial charge in [-0.25, -0.2) is 0 Å². The summed E-state index contributed by atoms with van der Waals surface area (Å²) in [5.41, 5.74) is 2.36. The Hall–Kier alpha value is -2.63. The standard InChI is InChI=1S/C14H13N3O3/c18-14(12-7-9-20-16-12)17-8-3-5-11(15-19)10-4-1-2-6-13(10)17/h1-2,4,6-7,9,19H,3,5,8H2/b15-11-. The lowest BCUT2D eigenvalue weighted by Crippen LogP contribution is -2.32. The maximum absolute atomic E-state index is 12.5. The van der Waals surface area contributed by atoms with Crippen molar-refractivity contribution in [2.75, 3.05) is 11.4 Å². The predicted molar refractivity (Wildman–Crippen MR) is 72.2 cm³/mol. The molecule has 0 radical (unpaired) electrons. The van der Waals surface area contributed by atoms with Crippen molar-refractivity contribution in [3.63, 3.8) is 0 Å². The van der Waals surface area contributed by atoms with Gasteiger partial charge in [0.2, 0.25) is 0 Å².